The van der Waals surface area contributed by atoms with Crippen LogP contribution in [0.3, 0.4) is 0 Å². The van der Waals surface area contributed by atoms with Gasteiger partial charge in [-0.05, 0) is 36.8 Å². The van der Waals surface area contributed by atoms with E-state index in [0.29, 0.717) is 23.8 Å². The topological polar surface area (TPSA) is 93.2 Å². The molecular formula is C27H26ClFN4O3S. The molecule has 1 N–H and O–H groups in total. The number of nitriles is 1. The van der Waals surface area contributed by atoms with Crippen molar-refractivity contribution in [3.63, 3.8) is 0 Å². The van der Waals surface area contributed by atoms with E-state index in [-0.39, 0.29) is 28.9 Å². The van der Waals surface area contributed by atoms with Gasteiger partial charge in [0.05, 0.1) is 37.5 Å². The second-order valence-corrected chi connectivity index (χ2v) is 10.5. The minimum atomic E-state index is -1.26. The fraction of sp³-hybridized carbons (Fsp3) is 0.296. The van der Waals surface area contributed by atoms with E-state index in [2.05, 4.69) is 10.1 Å². The first kappa shape index (κ1) is 27.0. The molecule has 1 fully saturated rings. The summed E-state index contributed by atoms with van der Waals surface area (Å²) >= 11 is 7.55. The lowest BCUT2D eigenvalue weighted by Gasteiger charge is -2.37. The summed E-state index contributed by atoms with van der Waals surface area (Å²) in [5, 5.41) is 25.1. The molecule has 0 saturated carbocycles. The highest BCUT2D eigenvalue weighted by Gasteiger charge is 2.39. The number of rotatable bonds is 9. The zero-order valence-corrected chi connectivity index (χ0v) is 21.6. The number of halogens is 2. The van der Waals surface area contributed by atoms with Gasteiger partial charge in [-0.25, -0.2) is 14.1 Å². The van der Waals surface area contributed by atoms with E-state index < -0.39 is 11.4 Å². The molecule has 3 aromatic rings. The largest absolute Gasteiger partial charge is 0.382 e. The molecular weight excluding hydrogens is 515 g/mol. The van der Waals surface area contributed by atoms with Crippen LogP contribution in [0.4, 0.5) is 4.39 Å². The normalized spacial score (nSPS) is 20.6. The van der Waals surface area contributed by atoms with Gasteiger partial charge in [-0.15, -0.1) is 11.8 Å². The first-order valence-corrected chi connectivity index (χ1v) is 12.9. The van der Waals surface area contributed by atoms with Crippen LogP contribution in [0.2, 0.25) is 5.02 Å². The van der Waals surface area contributed by atoms with Gasteiger partial charge >= 0.3 is 0 Å². The van der Waals surface area contributed by atoms with E-state index in [9.17, 15) is 9.50 Å². The maximum atomic E-state index is 14.0. The molecule has 192 valence electrons. The molecule has 1 aliphatic heterocycles. The van der Waals surface area contributed by atoms with Crippen molar-refractivity contribution < 1.29 is 19.0 Å². The van der Waals surface area contributed by atoms with Gasteiger partial charge in [0.15, 0.2) is 0 Å². The molecule has 1 aromatic heterocycles. The minimum absolute atomic E-state index is 0.216. The zero-order chi connectivity index (χ0) is 26.3. The van der Waals surface area contributed by atoms with E-state index in [1.165, 1.54) is 24.2 Å². The maximum absolute atomic E-state index is 14.0. The molecule has 0 unspecified atom stereocenters. The molecule has 0 amide bonds. The summed E-state index contributed by atoms with van der Waals surface area (Å²) in [6, 6.07) is 13.4. The third-order valence-corrected chi connectivity index (χ3v) is 7.60. The summed E-state index contributed by atoms with van der Waals surface area (Å²) in [5.41, 5.74) is -0.124. The van der Waals surface area contributed by atoms with Crippen molar-refractivity contribution in [1.29, 1.82) is 5.26 Å². The third kappa shape index (κ3) is 7.06. The van der Waals surface area contributed by atoms with Gasteiger partial charge in [0.25, 0.3) is 0 Å². The standard InChI is InChI=1S/C27H26ClFN4O3S/c1-19(27(34,16-33-18-31-17-32-33)22-8-10-23(28)11-9-22)37-26-15-35-24(14-36-26)5-3-2-4-21-7-6-20(13-30)12-25(21)29/h2-12,17-19,24,26,34H,14-16H2,1H3/t19-,24+,26-,27-/m1/s1. The number of hydrogen-bond acceptors (Lipinski definition) is 7. The highest BCUT2D eigenvalue weighted by Crippen LogP contribution is 2.38. The van der Waals surface area contributed by atoms with Gasteiger partial charge in [0, 0.05) is 15.8 Å². The molecule has 4 rings (SSSR count). The predicted molar refractivity (Wildman–Crippen MR) is 141 cm³/mol. The summed E-state index contributed by atoms with van der Waals surface area (Å²) in [7, 11) is 0. The van der Waals surface area contributed by atoms with Crippen LogP contribution in [0.15, 0.2) is 73.3 Å². The molecule has 1 saturated heterocycles. The van der Waals surface area contributed by atoms with Gasteiger partial charge in [-0.2, -0.15) is 10.4 Å². The maximum Gasteiger partial charge on any atom is 0.137 e. The van der Waals surface area contributed by atoms with Crippen LogP contribution in [0.5, 0.6) is 0 Å². The van der Waals surface area contributed by atoms with Crippen LogP contribution < -0.4 is 0 Å². The molecule has 37 heavy (non-hydrogen) atoms. The lowest BCUT2D eigenvalue weighted by atomic mass is 9.90. The number of aromatic nitrogens is 3. The molecule has 2 aromatic carbocycles. The van der Waals surface area contributed by atoms with E-state index in [4.69, 9.17) is 26.3 Å². The summed E-state index contributed by atoms with van der Waals surface area (Å²) in [6.07, 6.45) is 9.72. The summed E-state index contributed by atoms with van der Waals surface area (Å²) in [5.74, 6) is -0.447. The average molecular weight is 541 g/mol. The van der Waals surface area contributed by atoms with Crippen LogP contribution in [0.1, 0.15) is 23.6 Å². The Labute approximate surface area is 224 Å². The van der Waals surface area contributed by atoms with Crippen molar-refractivity contribution in [3.8, 4) is 6.07 Å². The SMILES string of the molecule is C[C@@H](S[C@@H]1CO[C@@H](C=CC=Cc2ccc(C#N)cc2F)CO1)[C@](O)(Cn1cncn1)c1ccc(Cl)cc1. The fourth-order valence-corrected chi connectivity index (χ4v) is 5.20. The van der Waals surface area contributed by atoms with Crippen LogP contribution in [-0.4, -0.2) is 49.9 Å². The lowest BCUT2D eigenvalue weighted by Crippen LogP contribution is -2.43. The molecule has 2 heterocycles. The number of hydrogen-bond donors (Lipinski definition) is 1. The Morgan fingerprint density at radius 2 is 2.08 bits per heavy atom. The first-order chi connectivity index (χ1) is 17.9. The number of nitrogens with zero attached hydrogens (tertiary/aromatic N) is 4. The van der Waals surface area contributed by atoms with E-state index in [1.54, 1.807) is 53.5 Å². The highest BCUT2D eigenvalue weighted by molar-refractivity contribution is 8.00. The number of aliphatic hydroxyl groups is 1. The van der Waals surface area contributed by atoms with Crippen LogP contribution in [0.25, 0.3) is 6.08 Å². The molecule has 1 aliphatic rings. The van der Waals surface area contributed by atoms with Crippen molar-refractivity contribution >= 4 is 29.4 Å². The van der Waals surface area contributed by atoms with Gasteiger partial charge in [-0.1, -0.05) is 54.1 Å². The Bertz CT molecular complexity index is 1270. The van der Waals surface area contributed by atoms with Gasteiger partial charge in [-0.3, -0.25) is 0 Å². The van der Waals surface area contributed by atoms with E-state index in [1.807, 2.05) is 31.2 Å². The van der Waals surface area contributed by atoms with Crippen LogP contribution >= 0.6 is 23.4 Å². The molecule has 0 aliphatic carbocycles. The zero-order valence-electron chi connectivity index (χ0n) is 20.1. The number of ether oxygens (including phenoxy) is 2. The summed E-state index contributed by atoms with van der Waals surface area (Å²) in [6.45, 7) is 2.85. The second kappa shape index (κ2) is 12.5. The number of allylic oxidation sites excluding steroid dienone is 2. The number of benzene rings is 2. The minimum Gasteiger partial charge on any atom is -0.382 e. The Morgan fingerprint density at radius 1 is 1.27 bits per heavy atom. The van der Waals surface area contributed by atoms with Gasteiger partial charge in [0.2, 0.25) is 0 Å². The third-order valence-electron chi connectivity index (χ3n) is 5.98. The molecule has 4 atom stereocenters. The molecule has 7 nitrogen and oxygen atoms in total. The molecule has 0 radical (unpaired) electrons. The van der Waals surface area contributed by atoms with Crippen molar-refractivity contribution in [2.24, 2.45) is 0 Å². The molecule has 10 heteroatoms. The molecule has 0 bridgehead atoms. The van der Waals surface area contributed by atoms with Crippen molar-refractivity contribution in [3.05, 3.63) is 101 Å². The first-order valence-electron chi connectivity index (χ1n) is 11.6. The van der Waals surface area contributed by atoms with Gasteiger partial charge < -0.3 is 14.6 Å². The Balaban J connectivity index is 1.33. The fourth-order valence-electron chi connectivity index (χ4n) is 3.86. The smallest absolute Gasteiger partial charge is 0.137 e. The van der Waals surface area contributed by atoms with E-state index in [0.717, 1.165) is 5.56 Å². The monoisotopic (exact) mass is 540 g/mol. The predicted octanol–water partition coefficient (Wildman–Crippen LogP) is 4.96. The van der Waals surface area contributed by atoms with Crippen molar-refractivity contribution in [2.75, 3.05) is 13.2 Å². The summed E-state index contributed by atoms with van der Waals surface area (Å²) in [4.78, 5) is 3.98. The van der Waals surface area contributed by atoms with E-state index >= 15 is 0 Å². The Kier molecular flexibility index (Phi) is 9.14. The summed E-state index contributed by atoms with van der Waals surface area (Å²) < 4.78 is 27.5. The van der Waals surface area contributed by atoms with Crippen molar-refractivity contribution in [2.45, 2.75) is 35.9 Å². The average Bonchev–Trinajstić information content (AvgIpc) is 3.41. The van der Waals surface area contributed by atoms with Crippen LogP contribution in [0, 0.1) is 17.1 Å². The quantitative estimate of drug-likeness (QED) is 0.383. The van der Waals surface area contributed by atoms with Gasteiger partial charge in [0.1, 0.15) is 29.5 Å². The molecule has 0 spiro atoms. The Hall–Kier alpha value is -3.00. The number of thioether (sulfide) groups is 1. The Morgan fingerprint density at radius 3 is 2.73 bits per heavy atom. The second-order valence-electron chi connectivity index (χ2n) is 8.53. The lowest BCUT2D eigenvalue weighted by molar-refractivity contribution is -0.0831. The van der Waals surface area contributed by atoms with Crippen molar-refractivity contribution in [1.82, 2.24) is 14.8 Å². The highest BCUT2D eigenvalue weighted by atomic mass is 35.5. The van der Waals surface area contributed by atoms with Crippen LogP contribution in [-0.2, 0) is 21.6 Å².